The second kappa shape index (κ2) is 6.33. The topological polar surface area (TPSA) is 29.5 Å². The number of benzene rings is 1. The lowest BCUT2D eigenvalue weighted by Gasteiger charge is -2.17. The molecule has 0 heterocycles. The molecule has 0 amide bonds. The van der Waals surface area contributed by atoms with Crippen molar-refractivity contribution < 1.29 is 9.53 Å². The zero-order chi connectivity index (χ0) is 12.0. The molecule has 0 aliphatic carbocycles. The van der Waals surface area contributed by atoms with Crippen LogP contribution in [0.5, 0.6) is 0 Å². The summed E-state index contributed by atoms with van der Waals surface area (Å²) in [6.07, 6.45) is 0.346. The molecule has 0 aromatic heterocycles. The average Bonchev–Trinajstić information content (AvgIpc) is 2.17. The minimum Gasteiger partial charge on any atom is -0.470 e. The number of hydrogen-bond donors (Lipinski definition) is 0. The monoisotopic (exact) mass is 219 g/mol. The van der Waals surface area contributed by atoms with Crippen molar-refractivity contribution in [1.29, 1.82) is 0 Å². The summed E-state index contributed by atoms with van der Waals surface area (Å²) in [5, 5.41) is 0. The molecule has 16 heavy (non-hydrogen) atoms. The summed E-state index contributed by atoms with van der Waals surface area (Å²) < 4.78 is 5.28. The number of carbonyl (C=O) groups excluding carboxylic acids is 1. The molecule has 0 aliphatic heterocycles. The molecule has 0 saturated carbocycles. The smallest absolute Gasteiger partial charge is 0.309 e. The van der Waals surface area contributed by atoms with Crippen molar-refractivity contribution >= 4 is 13.8 Å². The average molecular weight is 219 g/mol. The Bertz CT molecular complexity index is 327. The number of ether oxygens (including phenoxy) is 1. The highest BCUT2D eigenvalue weighted by atomic mass is 16.5. The second-order valence-corrected chi connectivity index (χ2v) is 4.23. The molecule has 1 aromatic rings. The van der Waals surface area contributed by atoms with E-state index >= 15 is 0 Å². The number of esters is 1. The maximum Gasteiger partial charge on any atom is 0.309 e. The molecule has 1 aromatic carbocycles. The molecule has 0 radical (unpaired) electrons. The summed E-state index contributed by atoms with van der Waals surface area (Å²) in [5.74, 6) is -0.166. The van der Waals surface area contributed by atoms with Crippen LogP contribution in [0.15, 0.2) is 30.3 Å². The third-order valence-corrected chi connectivity index (χ3v) is 2.15. The van der Waals surface area contributed by atoms with Crippen LogP contribution in [0, 0.1) is 0 Å². The van der Waals surface area contributed by atoms with Crippen molar-refractivity contribution in [3.63, 3.8) is 0 Å². The Morgan fingerprint density at radius 3 is 2.56 bits per heavy atom. The Morgan fingerprint density at radius 1 is 1.38 bits per heavy atom. The summed E-state index contributed by atoms with van der Waals surface area (Å²) in [4.78, 5) is 13.6. The van der Waals surface area contributed by atoms with E-state index in [0.29, 0.717) is 6.42 Å². The van der Waals surface area contributed by atoms with Gasteiger partial charge in [0.15, 0.2) is 7.85 Å². The van der Waals surface area contributed by atoms with E-state index in [-0.39, 0.29) is 12.0 Å². The first-order valence-corrected chi connectivity index (χ1v) is 5.46. The van der Waals surface area contributed by atoms with Gasteiger partial charge in [0.2, 0.25) is 0 Å². The fourth-order valence-corrected chi connectivity index (χ4v) is 1.58. The molecule has 0 saturated heterocycles. The first kappa shape index (κ1) is 12.8. The lowest BCUT2D eigenvalue weighted by atomic mass is 10.00. The second-order valence-electron chi connectivity index (χ2n) is 4.23. The normalized spacial score (nSPS) is 12.4. The summed E-state index contributed by atoms with van der Waals surface area (Å²) in [6, 6.07) is 9.57. The Balaban J connectivity index is 2.36. The van der Waals surface area contributed by atoms with Gasteiger partial charge in [-0.15, -0.1) is 0 Å². The molecule has 0 N–H and O–H groups in total. The zero-order valence-electron chi connectivity index (χ0n) is 10.1. The number of nitrogens with zero attached hydrogens (tertiary/aromatic N) is 1. The van der Waals surface area contributed by atoms with Crippen LogP contribution in [0.25, 0.3) is 0 Å². The van der Waals surface area contributed by atoms with Gasteiger partial charge in [-0.25, -0.2) is 0 Å². The van der Waals surface area contributed by atoms with E-state index in [1.54, 1.807) is 0 Å². The van der Waals surface area contributed by atoms with Gasteiger partial charge in [-0.1, -0.05) is 30.3 Å². The van der Waals surface area contributed by atoms with Gasteiger partial charge < -0.3 is 9.64 Å². The van der Waals surface area contributed by atoms with Crippen molar-refractivity contribution in [3.8, 4) is 0 Å². The van der Waals surface area contributed by atoms with Gasteiger partial charge >= 0.3 is 5.97 Å². The SMILES string of the molecule is BC(CN(C)C)OC(=O)Cc1ccccc1. The third kappa shape index (κ3) is 4.98. The van der Waals surface area contributed by atoms with Crippen LogP contribution in [0.3, 0.4) is 0 Å². The van der Waals surface area contributed by atoms with Crippen LogP contribution in [0.2, 0.25) is 0 Å². The summed E-state index contributed by atoms with van der Waals surface area (Å²) in [7, 11) is 5.83. The van der Waals surface area contributed by atoms with E-state index in [1.165, 1.54) is 0 Å². The largest absolute Gasteiger partial charge is 0.470 e. The van der Waals surface area contributed by atoms with Crippen LogP contribution in [-0.2, 0) is 16.0 Å². The van der Waals surface area contributed by atoms with E-state index in [4.69, 9.17) is 4.74 Å². The van der Waals surface area contributed by atoms with Crippen molar-refractivity contribution in [2.45, 2.75) is 12.4 Å². The number of carbonyl (C=O) groups is 1. The van der Waals surface area contributed by atoms with Gasteiger partial charge in [0, 0.05) is 6.54 Å². The number of rotatable bonds is 5. The van der Waals surface area contributed by atoms with Gasteiger partial charge in [-0.05, 0) is 19.7 Å². The van der Waals surface area contributed by atoms with Crippen molar-refractivity contribution in [2.75, 3.05) is 20.6 Å². The Morgan fingerprint density at radius 2 is 2.00 bits per heavy atom. The molecule has 0 spiro atoms. The zero-order valence-corrected chi connectivity index (χ0v) is 10.1. The van der Waals surface area contributed by atoms with Crippen LogP contribution in [-0.4, -0.2) is 45.4 Å². The lowest BCUT2D eigenvalue weighted by molar-refractivity contribution is -0.145. The lowest BCUT2D eigenvalue weighted by Crippen LogP contribution is -2.31. The quantitative estimate of drug-likeness (QED) is 0.526. The summed E-state index contributed by atoms with van der Waals surface area (Å²) in [6.45, 7) is 0.751. The molecule has 1 rings (SSSR count). The summed E-state index contributed by atoms with van der Waals surface area (Å²) >= 11 is 0. The highest BCUT2D eigenvalue weighted by Gasteiger charge is 2.10. The van der Waals surface area contributed by atoms with Crippen LogP contribution in [0.1, 0.15) is 5.56 Å². The molecule has 0 fully saturated rings. The van der Waals surface area contributed by atoms with Crippen LogP contribution < -0.4 is 0 Å². The van der Waals surface area contributed by atoms with E-state index in [2.05, 4.69) is 0 Å². The minimum atomic E-state index is -0.166. The van der Waals surface area contributed by atoms with Gasteiger partial charge in [-0.3, -0.25) is 4.79 Å². The van der Waals surface area contributed by atoms with E-state index < -0.39 is 0 Å². The Kier molecular flexibility index (Phi) is 5.06. The molecular weight excluding hydrogens is 201 g/mol. The molecule has 3 nitrogen and oxygen atoms in total. The van der Waals surface area contributed by atoms with E-state index in [1.807, 2.05) is 57.2 Å². The highest BCUT2D eigenvalue weighted by Crippen LogP contribution is 2.02. The Labute approximate surface area is 97.8 Å². The molecular formula is C12H18BNO2. The maximum atomic E-state index is 11.6. The molecule has 1 atom stereocenters. The first-order chi connectivity index (χ1) is 7.58. The van der Waals surface area contributed by atoms with E-state index in [9.17, 15) is 4.79 Å². The molecule has 4 heteroatoms. The predicted octanol–water partition coefficient (Wildman–Crippen LogP) is 0.293. The van der Waals surface area contributed by atoms with Gasteiger partial charge in [0.05, 0.1) is 12.4 Å². The molecule has 0 aliphatic rings. The fourth-order valence-electron chi connectivity index (χ4n) is 1.58. The van der Waals surface area contributed by atoms with E-state index in [0.717, 1.165) is 12.1 Å². The van der Waals surface area contributed by atoms with Crippen molar-refractivity contribution in [2.24, 2.45) is 0 Å². The third-order valence-electron chi connectivity index (χ3n) is 2.15. The predicted molar refractivity (Wildman–Crippen MR) is 67.1 cm³/mol. The number of hydrogen-bond acceptors (Lipinski definition) is 3. The molecule has 0 bridgehead atoms. The highest BCUT2D eigenvalue weighted by molar-refractivity contribution is 6.11. The first-order valence-electron chi connectivity index (χ1n) is 5.46. The minimum absolute atomic E-state index is 0.0637. The molecule has 1 unspecified atom stereocenters. The molecule has 86 valence electrons. The fraction of sp³-hybridized carbons (Fsp3) is 0.417. The van der Waals surface area contributed by atoms with Gasteiger partial charge in [0.1, 0.15) is 0 Å². The van der Waals surface area contributed by atoms with Crippen molar-refractivity contribution in [1.82, 2.24) is 4.90 Å². The maximum absolute atomic E-state index is 11.6. The summed E-state index contributed by atoms with van der Waals surface area (Å²) in [5.41, 5.74) is 0.990. The Hall–Kier alpha value is -1.29. The van der Waals surface area contributed by atoms with Gasteiger partial charge in [0.25, 0.3) is 0 Å². The standard InChI is InChI=1S/C12H18BNO2/c1-14(2)9-11(13)16-12(15)8-10-6-4-3-5-7-10/h3-7,11H,8-9,13H2,1-2H3. The van der Waals surface area contributed by atoms with Crippen LogP contribution in [0.4, 0.5) is 0 Å². The van der Waals surface area contributed by atoms with Gasteiger partial charge in [-0.2, -0.15) is 0 Å². The van der Waals surface area contributed by atoms with Crippen molar-refractivity contribution in [3.05, 3.63) is 35.9 Å². The number of likely N-dealkylation sites (N-methyl/N-ethyl adjacent to an activating group) is 1. The van der Waals surface area contributed by atoms with Crippen LogP contribution >= 0.6 is 0 Å².